The van der Waals surface area contributed by atoms with Gasteiger partial charge in [0.25, 0.3) is 0 Å². The molecule has 0 amide bonds. The zero-order chi connectivity index (χ0) is 24.9. The summed E-state index contributed by atoms with van der Waals surface area (Å²) in [6.45, 7) is 10.1. The van der Waals surface area contributed by atoms with E-state index < -0.39 is 7.82 Å². The molecule has 0 radical (unpaired) electrons. The van der Waals surface area contributed by atoms with Gasteiger partial charge in [0, 0.05) is 13.1 Å². The maximum absolute atomic E-state index is 12.6. The lowest BCUT2D eigenvalue weighted by Gasteiger charge is -2.32. The van der Waals surface area contributed by atoms with Crippen molar-refractivity contribution in [2.45, 2.75) is 72.1 Å². The maximum atomic E-state index is 12.6. The number of nitrogen functional groups attached to an aromatic ring is 1. The molecule has 1 aliphatic heterocycles. The first-order chi connectivity index (χ1) is 16.1. The van der Waals surface area contributed by atoms with Gasteiger partial charge in [-0.15, -0.1) is 0 Å². The molecule has 34 heavy (non-hydrogen) atoms. The van der Waals surface area contributed by atoms with Crippen LogP contribution in [0.4, 0.5) is 5.82 Å². The van der Waals surface area contributed by atoms with Crippen molar-refractivity contribution >= 4 is 24.8 Å². The number of rotatable bonds is 12. The summed E-state index contributed by atoms with van der Waals surface area (Å²) in [6, 6.07) is 0.177. The molecule has 0 spiro atoms. The van der Waals surface area contributed by atoms with Gasteiger partial charge in [-0.05, 0) is 59.0 Å². The van der Waals surface area contributed by atoms with Gasteiger partial charge in [-0.3, -0.25) is 13.6 Å². The van der Waals surface area contributed by atoms with Gasteiger partial charge in [0.1, 0.15) is 5.52 Å². The van der Waals surface area contributed by atoms with E-state index in [1.54, 1.807) is 18.4 Å². The Morgan fingerprint density at radius 1 is 1.26 bits per heavy atom. The molecule has 3 heterocycles. The van der Waals surface area contributed by atoms with E-state index in [-0.39, 0.29) is 42.3 Å². The number of nitrogens with one attached hydrogen (secondary N) is 1. The highest BCUT2D eigenvalue weighted by atomic mass is 31.2. The van der Waals surface area contributed by atoms with Crippen molar-refractivity contribution in [2.24, 2.45) is 5.92 Å². The summed E-state index contributed by atoms with van der Waals surface area (Å²) in [5.41, 5.74) is 6.67. The van der Waals surface area contributed by atoms with Gasteiger partial charge in [0.2, 0.25) is 0 Å². The van der Waals surface area contributed by atoms with Crippen molar-refractivity contribution in [3.05, 3.63) is 10.5 Å². The fraction of sp³-hybridized carbons (Fsp3) is 0.762. The second-order valence-electron chi connectivity index (χ2n) is 9.09. The van der Waals surface area contributed by atoms with Crippen LogP contribution in [0.5, 0.6) is 6.01 Å². The Labute approximate surface area is 199 Å². The molecule has 13 heteroatoms. The highest BCUT2D eigenvalue weighted by Gasteiger charge is 2.25. The van der Waals surface area contributed by atoms with E-state index in [9.17, 15) is 14.3 Å². The van der Waals surface area contributed by atoms with Gasteiger partial charge in [-0.25, -0.2) is 9.36 Å². The molecule has 0 bridgehead atoms. The van der Waals surface area contributed by atoms with Crippen LogP contribution in [-0.4, -0.2) is 67.8 Å². The molecular weight excluding hydrogens is 463 g/mol. The third-order valence-electron chi connectivity index (χ3n) is 5.79. The van der Waals surface area contributed by atoms with Crippen LogP contribution >= 0.6 is 7.82 Å². The van der Waals surface area contributed by atoms with E-state index in [1.807, 2.05) is 6.92 Å². The summed E-state index contributed by atoms with van der Waals surface area (Å²) < 4.78 is 29.2. The molecule has 0 aromatic carbocycles. The molecule has 192 valence electrons. The fourth-order valence-corrected chi connectivity index (χ4v) is 5.04. The van der Waals surface area contributed by atoms with E-state index in [0.29, 0.717) is 24.3 Å². The van der Waals surface area contributed by atoms with Gasteiger partial charge in [-0.2, -0.15) is 9.97 Å². The number of aromatic amines is 1. The normalized spacial score (nSPS) is 18.4. The summed E-state index contributed by atoms with van der Waals surface area (Å²) in [7, 11) is -4.02. The highest BCUT2D eigenvalue weighted by molar-refractivity contribution is 7.47. The van der Waals surface area contributed by atoms with Crippen molar-refractivity contribution in [1.82, 2.24) is 24.4 Å². The number of nitrogens with zero attached hydrogens (tertiary/aromatic N) is 4. The van der Waals surface area contributed by atoms with Crippen LogP contribution in [0, 0.1) is 5.92 Å². The quantitative estimate of drug-likeness (QED) is 0.370. The van der Waals surface area contributed by atoms with Crippen LogP contribution in [-0.2, 0) is 20.2 Å². The van der Waals surface area contributed by atoms with Crippen molar-refractivity contribution in [1.29, 1.82) is 0 Å². The van der Waals surface area contributed by atoms with Crippen LogP contribution < -0.4 is 16.2 Å². The predicted octanol–water partition coefficient (Wildman–Crippen LogP) is 2.52. The van der Waals surface area contributed by atoms with Crippen LogP contribution in [0.25, 0.3) is 11.2 Å². The Bertz CT molecular complexity index is 1050. The van der Waals surface area contributed by atoms with E-state index in [0.717, 1.165) is 38.8 Å². The number of ether oxygens (including phenoxy) is 1. The first-order valence-electron chi connectivity index (χ1n) is 11.9. The number of anilines is 1. The Balaban J connectivity index is 1.58. The molecule has 2 aromatic rings. The van der Waals surface area contributed by atoms with Crippen LogP contribution in [0.2, 0.25) is 0 Å². The number of nitrogens with two attached hydrogens (primary N) is 1. The van der Waals surface area contributed by atoms with Gasteiger partial charge in [-0.1, -0.05) is 13.3 Å². The number of aromatic nitrogens is 4. The minimum atomic E-state index is -4.02. The maximum Gasteiger partial charge on any atom is 0.472 e. The Hall–Kier alpha value is -1.98. The third kappa shape index (κ3) is 7.26. The minimum absolute atomic E-state index is 0.0500. The largest absolute Gasteiger partial charge is 0.472 e. The van der Waals surface area contributed by atoms with Crippen molar-refractivity contribution < 1.29 is 23.2 Å². The number of imidazole rings is 1. The zero-order valence-electron chi connectivity index (χ0n) is 20.4. The number of hydrogen-bond acceptors (Lipinski definition) is 9. The molecule has 12 nitrogen and oxygen atoms in total. The molecule has 1 saturated heterocycles. The van der Waals surface area contributed by atoms with Crippen molar-refractivity contribution in [2.75, 3.05) is 32.0 Å². The minimum Gasteiger partial charge on any atom is -0.460 e. The summed E-state index contributed by atoms with van der Waals surface area (Å²) in [4.78, 5) is 35.9. The molecule has 1 aliphatic rings. The standard InChI is InChI=1S/C21H37N6O6P/c1-5-6-15(4)32-20-24-18(22)17-19(25-20)27(21(28)23-17)13-16-7-9-26(10-8-16)11-12-31-34(29,30)33-14(2)3/h14-16H,5-13H2,1-4H3,(H,23,28)(H,29,30)(H2,22,24,25)/t15-/m0/s1. The average molecular weight is 501 g/mol. The Morgan fingerprint density at radius 3 is 2.62 bits per heavy atom. The smallest absolute Gasteiger partial charge is 0.460 e. The predicted molar refractivity (Wildman–Crippen MR) is 129 cm³/mol. The SMILES string of the molecule is CCC[C@H](C)Oc1nc(N)c2[nH]c(=O)n(CC3CCN(CCOP(=O)(O)OC(C)C)CC3)c2n1. The summed E-state index contributed by atoms with van der Waals surface area (Å²) >= 11 is 0. The lowest BCUT2D eigenvalue weighted by atomic mass is 9.97. The Kier molecular flexibility index (Phi) is 9.11. The molecule has 1 unspecified atom stereocenters. The third-order valence-corrected chi connectivity index (χ3v) is 6.98. The van der Waals surface area contributed by atoms with Gasteiger partial charge >= 0.3 is 19.5 Å². The number of H-pyrrole nitrogens is 1. The van der Waals surface area contributed by atoms with Crippen LogP contribution in [0.3, 0.4) is 0 Å². The number of hydrogen-bond donors (Lipinski definition) is 3. The fourth-order valence-electron chi connectivity index (χ4n) is 4.13. The van der Waals surface area contributed by atoms with E-state index in [2.05, 4.69) is 26.8 Å². The second-order valence-corrected chi connectivity index (χ2v) is 10.5. The highest BCUT2D eigenvalue weighted by Crippen LogP contribution is 2.44. The molecule has 3 rings (SSSR count). The van der Waals surface area contributed by atoms with E-state index >= 15 is 0 Å². The number of phosphoric ester groups is 1. The summed E-state index contributed by atoms with van der Waals surface area (Å²) in [6.07, 6.45) is 3.15. The number of likely N-dealkylation sites (tertiary alicyclic amines) is 1. The lowest BCUT2D eigenvalue weighted by Crippen LogP contribution is -2.37. The van der Waals surface area contributed by atoms with Crippen molar-refractivity contribution in [3.63, 3.8) is 0 Å². The van der Waals surface area contributed by atoms with Gasteiger partial charge in [0.15, 0.2) is 11.5 Å². The second kappa shape index (κ2) is 11.6. The number of phosphoric acid groups is 1. The molecule has 0 saturated carbocycles. The van der Waals surface area contributed by atoms with E-state index in [4.69, 9.17) is 19.5 Å². The molecule has 0 aliphatic carbocycles. The zero-order valence-corrected chi connectivity index (χ0v) is 21.3. The van der Waals surface area contributed by atoms with Gasteiger partial charge in [0.05, 0.1) is 18.8 Å². The monoisotopic (exact) mass is 500 g/mol. The first-order valence-corrected chi connectivity index (χ1v) is 13.4. The Morgan fingerprint density at radius 2 is 1.97 bits per heavy atom. The summed E-state index contributed by atoms with van der Waals surface area (Å²) in [5, 5.41) is 0. The average Bonchev–Trinajstić information content (AvgIpc) is 3.04. The molecular formula is C21H37N6O6P. The molecule has 2 atom stereocenters. The molecule has 2 aromatic heterocycles. The van der Waals surface area contributed by atoms with Crippen molar-refractivity contribution in [3.8, 4) is 6.01 Å². The van der Waals surface area contributed by atoms with Crippen LogP contribution in [0.15, 0.2) is 4.79 Å². The summed E-state index contributed by atoms with van der Waals surface area (Å²) in [5.74, 6) is 0.471. The number of fused-ring (bicyclic) bond motifs is 1. The number of piperidine rings is 1. The first kappa shape index (κ1) is 26.6. The molecule has 1 fully saturated rings. The van der Waals surface area contributed by atoms with Gasteiger partial charge < -0.3 is 25.2 Å². The lowest BCUT2D eigenvalue weighted by molar-refractivity contribution is 0.0983. The van der Waals surface area contributed by atoms with E-state index in [1.165, 1.54) is 0 Å². The topological polar surface area (TPSA) is 158 Å². The molecule has 4 N–H and O–H groups in total. The van der Waals surface area contributed by atoms with Crippen LogP contribution in [0.1, 0.15) is 53.4 Å².